The summed E-state index contributed by atoms with van der Waals surface area (Å²) in [6.45, 7) is 24.5. The molecule has 3 N–H and O–H groups in total. The van der Waals surface area contributed by atoms with Crippen molar-refractivity contribution in [2.24, 2.45) is 0 Å². The first-order valence-electron chi connectivity index (χ1n) is 16.0. The summed E-state index contributed by atoms with van der Waals surface area (Å²) < 4.78 is 17.8. The van der Waals surface area contributed by atoms with Gasteiger partial charge in [0.05, 0.1) is 19.6 Å². The van der Waals surface area contributed by atoms with Crippen LogP contribution in [-0.4, -0.2) is 94.0 Å². The normalized spacial score (nSPS) is 26.4. The third kappa shape index (κ3) is 11.9. The van der Waals surface area contributed by atoms with Crippen LogP contribution in [0.1, 0.15) is 122 Å². The molecule has 43 heavy (non-hydrogen) atoms. The van der Waals surface area contributed by atoms with Crippen LogP contribution in [0.25, 0.3) is 0 Å². The van der Waals surface area contributed by atoms with Crippen molar-refractivity contribution in [1.29, 1.82) is 0 Å². The molecule has 10 nitrogen and oxygen atoms in total. The highest BCUT2D eigenvalue weighted by molar-refractivity contribution is 5.78. The second kappa shape index (κ2) is 12.6. The number of ether oxygens (including phenoxy) is 3. The molecule has 0 unspecified atom stereocenters. The van der Waals surface area contributed by atoms with Gasteiger partial charge in [-0.25, -0.2) is 0 Å². The number of carbonyl (C=O) groups excluding carboxylic acids is 3. The van der Waals surface area contributed by atoms with Crippen molar-refractivity contribution >= 4 is 17.9 Å². The minimum absolute atomic E-state index is 0.188. The summed E-state index contributed by atoms with van der Waals surface area (Å²) in [6.07, 6.45) is 3.26. The Morgan fingerprint density at radius 3 is 0.837 bits per heavy atom. The molecule has 0 aromatic rings. The Labute approximate surface area is 260 Å². The minimum atomic E-state index is -0.465. The van der Waals surface area contributed by atoms with Crippen LogP contribution in [0.2, 0.25) is 0 Å². The Bertz CT molecular complexity index is 858. The first kappa shape index (κ1) is 35.7. The average Bonchev–Trinajstić information content (AvgIpc) is 2.65. The van der Waals surface area contributed by atoms with Crippen LogP contribution in [0.15, 0.2) is 0 Å². The van der Waals surface area contributed by atoms with E-state index in [2.05, 4.69) is 99.0 Å². The average molecular weight is 609 g/mol. The van der Waals surface area contributed by atoms with E-state index in [1.54, 1.807) is 0 Å². The van der Waals surface area contributed by atoms with Crippen molar-refractivity contribution in [3.8, 4) is 0 Å². The highest BCUT2D eigenvalue weighted by Crippen LogP contribution is 2.32. The zero-order valence-corrected chi connectivity index (χ0v) is 29.0. The molecule has 0 amide bonds. The Balaban J connectivity index is 1.68. The largest absolute Gasteiger partial charge is 0.461 e. The molecule has 0 saturated carbocycles. The monoisotopic (exact) mass is 608 g/mol. The van der Waals surface area contributed by atoms with E-state index in [1.165, 1.54) is 4.90 Å². The second-order valence-electron chi connectivity index (χ2n) is 17.4. The van der Waals surface area contributed by atoms with E-state index >= 15 is 0 Å². The Hall–Kier alpha value is -1.75. The molecule has 0 spiro atoms. The standard InChI is InChI=1S/C33H60N4O6/c1-28(2)13-22(14-29(3,4)34-28)41-25(38)19-37(20-26(39)42-23-15-30(5,6)35-31(7,8)16-23)21-27(40)43-24-17-32(9,10)36-33(11,12)18-24/h22-24,34-36H,13-21H2,1-12H3. The van der Waals surface area contributed by atoms with Gasteiger partial charge in [-0.05, 0) is 83.1 Å². The fraction of sp³-hybridized carbons (Fsp3) is 0.909. The third-order valence-electron chi connectivity index (χ3n) is 8.41. The van der Waals surface area contributed by atoms with Crippen molar-refractivity contribution in [1.82, 2.24) is 20.9 Å². The topological polar surface area (TPSA) is 118 Å². The van der Waals surface area contributed by atoms with Gasteiger partial charge < -0.3 is 30.2 Å². The first-order chi connectivity index (χ1) is 19.3. The van der Waals surface area contributed by atoms with Gasteiger partial charge in [-0.15, -0.1) is 0 Å². The lowest BCUT2D eigenvalue weighted by Gasteiger charge is -2.46. The minimum Gasteiger partial charge on any atom is -0.461 e. The number of hydrogen-bond donors (Lipinski definition) is 3. The lowest BCUT2D eigenvalue weighted by atomic mass is 9.81. The third-order valence-corrected chi connectivity index (χ3v) is 8.41. The predicted molar refractivity (Wildman–Crippen MR) is 168 cm³/mol. The predicted octanol–water partition coefficient (Wildman–Crippen LogP) is 3.85. The van der Waals surface area contributed by atoms with Crippen molar-refractivity contribution in [3.63, 3.8) is 0 Å². The van der Waals surface area contributed by atoms with Gasteiger partial charge in [0.2, 0.25) is 0 Å². The van der Waals surface area contributed by atoms with Crippen LogP contribution in [0, 0.1) is 0 Å². The van der Waals surface area contributed by atoms with Crippen molar-refractivity contribution < 1.29 is 28.6 Å². The maximum Gasteiger partial charge on any atom is 0.320 e. The van der Waals surface area contributed by atoms with Gasteiger partial charge in [0.25, 0.3) is 0 Å². The Morgan fingerprint density at radius 1 is 0.465 bits per heavy atom. The molecule has 10 heteroatoms. The van der Waals surface area contributed by atoms with Gasteiger partial charge in [-0.2, -0.15) is 0 Å². The highest BCUT2D eigenvalue weighted by atomic mass is 16.6. The molecule has 0 aromatic carbocycles. The summed E-state index contributed by atoms with van der Waals surface area (Å²) in [6, 6.07) is 0. The van der Waals surface area contributed by atoms with Crippen LogP contribution in [0.4, 0.5) is 0 Å². The fourth-order valence-electron chi connectivity index (χ4n) is 8.32. The van der Waals surface area contributed by atoms with Gasteiger partial charge in [0.1, 0.15) is 18.3 Å². The van der Waals surface area contributed by atoms with E-state index in [-0.39, 0.29) is 71.2 Å². The summed E-state index contributed by atoms with van der Waals surface area (Å²) in [5, 5.41) is 10.8. The van der Waals surface area contributed by atoms with Gasteiger partial charge in [-0.3, -0.25) is 19.3 Å². The number of hydrogen-bond acceptors (Lipinski definition) is 10. The van der Waals surface area contributed by atoms with E-state index in [1.807, 2.05) is 0 Å². The molecule has 0 aromatic heterocycles. The van der Waals surface area contributed by atoms with E-state index in [0.29, 0.717) is 38.5 Å². The number of nitrogens with zero attached hydrogens (tertiary/aromatic N) is 1. The number of esters is 3. The molecule has 3 rings (SSSR count). The lowest BCUT2D eigenvalue weighted by Crippen LogP contribution is -2.60. The second-order valence-corrected chi connectivity index (χ2v) is 17.4. The highest BCUT2D eigenvalue weighted by Gasteiger charge is 2.42. The Kier molecular flexibility index (Phi) is 10.4. The van der Waals surface area contributed by atoms with Crippen molar-refractivity contribution in [2.75, 3.05) is 19.6 Å². The zero-order valence-electron chi connectivity index (χ0n) is 29.0. The van der Waals surface area contributed by atoms with Crippen LogP contribution in [-0.2, 0) is 28.6 Å². The molecule has 3 heterocycles. The molecule has 0 radical (unpaired) electrons. The van der Waals surface area contributed by atoms with Crippen LogP contribution in [0.5, 0.6) is 0 Å². The first-order valence-corrected chi connectivity index (χ1v) is 16.0. The Morgan fingerprint density at radius 2 is 0.651 bits per heavy atom. The van der Waals surface area contributed by atoms with Crippen LogP contribution < -0.4 is 16.0 Å². The summed E-state index contributed by atoms with van der Waals surface area (Å²) in [5.41, 5.74) is -1.13. The zero-order chi connectivity index (χ0) is 32.6. The molecule has 248 valence electrons. The van der Waals surface area contributed by atoms with Crippen LogP contribution in [0.3, 0.4) is 0 Å². The molecule has 0 atom stereocenters. The number of rotatable bonds is 9. The molecule has 3 aliphatic rings. The van der Waals surface area contributed by atoms with E-state index < -0.39 is 17.9 Å². The summed E-state index contributed by atoms with van der Waals surface area (Å²) in [7, 11) is 0. The van der Waals surface area contributed by atoms with Crippen molar-refractivity contribution in [2.45, 2.75) is 173 Å². The molecule has 3 saturated heterocycles. The summed E-state index contributed by atoms with van der Waals surface area (Å²) in [5.74, 6) is -1.40. The molecule has 3 aliphatic heterocycles. The lowest BCUT2D eigenvalue weighted by molar-refractivity contribution is -0.161. The quantitative estimate of drug-likeness (QED) is 0.263. The van der Waals surface area contributed by atoms with Gasteiger partial charge >= 0.3 is 17.9 Å². The van der Waals surface area contributed by atoms with Gasteiger partial charge in [0, 0.05) is 71.8 Å². The smallest absolute Gasteiger partial charge is 0.320 e. The molecule has 0 bridgehead atoms. The van der Waals surface area contributed by atoms with Crippen LogP contribution >= 0.6 is 0 Å². The molecule has 0 aliphatic carbocycles. The van der Waals surface area contributed by atoms with E-state index in [9.17, 15) is 14.4 Å². The number of nitrogens with one attached hydrogen (secondary N) is 3. The summed E-state index contributed by atoms with van der Waals surface area (Å²) in [4.78, 5) is 41.2. The maximum atomic E-state index is 13.2. The molecular weight excluding hydrogens is 548 g/mol. The maximum absolute atomic E-state index is 13.2. The molecule has 3 fully saturated rings. The summed E-state index contributed by atoms with van der Waals surface area (Å²) >= 11 is 0. The van der Waals surface area contributed by atoms with Gasteiger partial charge in [0.15, 0.2) is 0 Å². The SMILES string of the molecule is CC1(C)CC(OC(=O)CN(CC(=O)OC2CC(C)(C)NC(C)(C)C2)CC(=O)OC2CC(C)(C)NC(C)(C)C2)CC(C)(C)N1. The number of carbonyl (C=O) groups is 3. The number of piperidine rings is 3. The molecular formula is C33H60N4O6. The van der Waals surface area contributed by atoms with Crippen molar-refractivity contribution in [3.05, 3.63) is 0 Å². The van der Waals surface area contributed by atoms with E-state index in [0.717, 1.165) is 0 Å². The fourth-order valence-corrected chi connectivity index (χ4v) is 8.32. The van der Waals surface area contributed by atoms with E-state index in [4.69, 9.17) is 14.2 Å². The van der Waals surface area contributed by atoms with Gasteiger partial charge in [-0.1, -0.05) is 0 Å².